The number of nitrogens with two attached hydrogens (primary N) is 1. The zero-order chi connectivity index (χ0) is 14.7. The highest BCUT2D eigenvalue weighted by Crippen LogP contribution is 2.52. The second-order valence-electron chi connectivity index (χ2n) is 7.35. The third kappa shape index (κ3) is 1.85. The molecule has 6 nitrogen and oxygen atoms in total. The smallest absolute Gasteiger partial charge is 0.291 e. The van der Waals surface area contributed by atoms with Gasteiger partial charge < -0.3 is 11.1 Å². The quantitative estimate of drug-likeness (QED) is 0.772. The van der Waals surface area contributed by atoms with E-state index in [0.29, 0.717) is 5.92 Å². The standard InChI is InChI=1S/C14H23N5O/c1-13(2)11(15)14(3,4)12(13)17-10(20)9-16-8(18-19-9)7-5-6-7/h7,11-12H,5-6,15H2,1-4H3,(H,17,20)(H,16,18,19). The third-order valence-electron chi connectivity index (χ3n) is 5.04. The molecule has 0 radical (unpaired) electrons. The van der Waals surface area contributed by atoms with E-state index < -0.39 is 0 Å². The largest absolute Gasteiger partial charge is 0.345 e. The number of rotatable bonds is 3. The number of aromatic amines is 1. The Hall–Kier alpha value is -1.43. The van der Waals surface area contributed by atoms with Crippen LogP contribution in [0.3, 0.4) is 0 Å². The lowest BCUT2D eigenvalue weighted by Crippen LogP contribution is -2.76. The Kier molecular flexibility index (Phi) is 2.73. The van der Waals surface area contributed by atoms with Crippen molar-refractivity contribution in [3.8, 4) is 0 Å². The van der Waals surface area contributed by atoms with E-state index in [2.05, 4.69) is 48.2 Å². The van der Waals surface area contributed by atoms with Crippen LogP contribution in [0.2, 0.25) is 0 Å². The molecule has 0 aliphatic heterocycles. The zero-order valence-corrected chi connectivity index (χ0v) is 12.5. The molecule has 3 rings (SSSR count). The number of nitrogens with zero attached hydrogens (tertiary/aromatic N) is 2. The lowest BCUT2D eigenvalue weighted by molar-refractivity contribution is -0.0664. The SMILES string of the molecule is CC1(C)C(N)C(C)(C)C1NC(=O)c1n[nH]c(C2CC2)n1. The fourth-order valence-corrected chi connectivity index (χ4v) is 3.66. The van der Waals surface area contributed by atoms with E-state index in [1.807, 2.05) is 0 Å². The van der Waals surface area contributed by atoms with E-state index in [1.54, 1.807) is 0 Å². The van der Waals surface area contributed by atoms with Crippen LogP contribution < -0.4 is 11.1 Å². The van der Waals surface area contributed by atoms with E-state index in [-0.39, 0.29) is 34.6 Å². The Bertz CT molecular complexity index is 528. The van der Waals surface area contributed by atoms with Crippen molar-refractivity contribution in [2.24, 2.45) is 16.6 Å². The molecular weight excluding hydrogens is 254 g/mol. The molecule has 1 aromatic rings. The molecule has 1 aromatic heterocycles. The maximum Gasteiger partial charge on any atom is 0.291 e. The lowest BCUT2D eigenvalue weighted by Gasteiger charge is -2.62. The number of H-pyrrole nitrogens is 1. The summed E-state index contributed by atoms with van der Waals surface area (Å²) in [4.78, 5) is 16.6. The van der Waals surface area contributed by atoms with Gasteiger partial charge in [-0.25, -0.2) is 4.98 Å². The molecule has 2 fully saturated rings. The molecule has 0 bridgehead atoms. The molecule has 0 atom stereocenters. The van der Waals surface area contributed by atoms with Crippen molar-refractivity contribution in [2.45, 2.75) is 58.5 Å². The van der Waals surface area contributed by atoms with Gasteiger partial charge in [-0.1, -0.05) is 27.7 Å². The third-order valence-corrected chi connectivity index (χ3v) is 5.04. The van der Waals surface area contributed by atoms with Gasteiger partial charge >= 0.3 is 0 Å². The molecule has 6 heteroatoms. The fraction of sp³-hybridized carbons (Fsp3) is 0.786. The van der Waals surface area contributed by atoms with Crippen molar-refractivity contribution < 1.29 is 4.79 Å². The van der Waals surface area contributed by atoms with E-state index in [1.165, 1.54) is 0 Å². The topological polar surface area (TPSA) is 96.7 Å². The summed E-state index contributed by atoms with van der Waals surface area (Å²) in [6, 6.07) is 0.0924. The van der Waals surface area contributed by atoms with Crippen molar-refractivity contribution in [1.29, 1.82) is 0 Å². The van der Waals surface area contributed by atoms with Crippen LogP contribution in [-0.4, -0.2) is 33.2 Å². The van der Waals surface area contributed by atoms with Gasteiger partial charge in [-0.05, 0) is 12.8 Å². The van der Waals surface area contributed by atoms with Crippen molar-refractivity contribution in [3.63, 3.8) is 0 Å². The molecule has 4 N–H and O–H groups in total. The van der Waals surface area contributed by atoms with Crippen molar-refractivity contribution in [1.82, 2.24) is 20.5 Å². The van der Waals surface area contributed by atoms with Crippen LogP contribution in [0.25, 0.3) is 0 Å². The number of amides is 1. The first-order chi connectivity index (χ1) is 9.24. The maximum atomic E-state index is 12.3. The van der Waals surface area contributed by atoms with Gasteiger partial charge in [0.2, 0.25) is 5.82 Å². The first-order valence-corrected chi connectivity index (χ1v) is 7.23. The van der Waals surface area contributed by atoms with Crippen LogP contribution in [-0.2, 0) is 0 Å². The number of aromatic nitrogens is 3. The normalized spacial score (nSPS) is 30.6. The maximum absolute atomic E-state index is 12.3. The van der Waals surface area contributed by atoms with Gasteiger partial charge in [-0.3, -0.25) is 9.89 Å². The van der Waals surface area contributed by atoms with E-state index >= 15 is 0 Å². The molecule has 0 saturated heterocycles. The lowest BCUT2D eigenvalue weighted by atomic mass is 9.48. The predicted molar refractivity (Wildman–Crippen MR) is 75.1 cm³/mol. The molecule has 2 aliphatic carbocycles. The molecule has 1 heterocycles. The Labute approximate surface area is 118 Å². The van der Waals surface area contributed by atoms with Crippen LogP contribution in [0.5, 0.6) is 0 Å². The molecule has 2 aliphatic rings. The number of carbonyl (C=O) groups excluding carboxylic acids is 1. The Balaban J connectivity index is 1.72. The summed E-state index contributed by atoms with van der Waals surface area (Å²) in [5, 5.41) is 9.94. The van der Waals surface area contributed by atoms with Gasteiger partial charge in [-0.2, -0.15) is 0 Å². The second-order valence-corrected chi connectivity index (χ2v) is 7.35. The number of hydrogen-bond acceptors (Lipinski definition) is 4. The molecule has 2 saturated carbocycles. The summed E-state index contributed by atoms with van der Waals surface area (Å²) in [6.07, 6.45) is 2.27. The highest BCUT2D eigenvalue weighted by Gasteiger charge is 2.60. The molecule has 110 valence electrons. The summed E-state index contributed by atoms with van der Waals surface area (Å²) in [6.45, 7) is 8.34. The highest BCUT2D eigenvalue weighted by molar-refractivity contribution is 5.90. The summed E-state index contributed by atoms with van der Waals surface area (Å²) < 4.78 is 0. The van der Waals surface area contributed by atoms with Crippen LogP contribution in [0.1, 0.15) is 62.9 Å². The van der Waals surface area contributed by atoms with Crippen molar-refractivity contribution in [2.75, 3.05) is 0 Å². The van der Waals surface area contributed by atoms with Crippen LogP contribution in [0.15, 0.2) is 0 Å². The van der Waals surface area contributed by atoms with Gasteiger partial charge in [0, 0.05) is 28.8 Å². The Morgan fingerprint density at radius 1 is 1.30 bits per heavy atom. The molecule has 20 heavy (non-hydrogen) atoms. The highest BCUT2D eigenvalue weighted by atomic mass is 16.2. The average molecular weight is 277 g/mol. The van der Waals surface area contributed by atoms with E-state index in [9.17, 15) is 4.79 Å². The summed E-state index contributed by atoms with van der Waals surface area (Å²) in [7, 11) is 0. The van der Waals surface area contributed by atoms with Crippen molar-refractivity contribution in [3.05, 3.63) is 11.6 Å². The second kappa shape index (κ2) is 4.04. The van der Waals surface area contributed by atoms with Crippen molar-refractivity contribution >= 4 is 5.91 Å². The van der Waals surface area contributed by atoms with Crippen LogP contribution in [0.4, 0.5) is 0 Å². The zero-order valence-electron chi connectivity index (χ0n) is 12.5. The number of hydrogen-bond donors (Lipinski definition) is 3. The summed E-state index contributed by atoms with van der Waals surface area (Å²) in [5.74, 6) is 1.32. The molecule has 0 spiro atoms. The van der Waals surface area contributed by atoms with Gasteiger partial charge in [0.05, 0.1) is 0 Å². The van der Waals surface area contributed by atoms with E-state index in [0.717, 1.165) is 18.7 Å². The van der Waals surface area contributed by atoms with E-state index in [4.69, 9.17) is 5.73 Å². The molecule has 0 aromatic carbocycles. The van der Waals surface area contributed by atoms with Gasteiger partial charge in [0.15, 0.2) is 0 Å². The number of nitrogens with one attached hydrogen (secondary N) is 2. The van der Waals surface area contributed by atoms with Gasteiger partial charge in [-0.15, -0.1) is 5.10 Å². The first kappa shape index (κ1) is 13.5. The molecule has 1 amide bonds. The summed E-state index contributed by atoms with van der Waals surface area (Å²) >= 11 is 0. The Morgan fingerprint density at radius 2 is 1.90 bits per heavy atom. The van der Waals surface area contributed by atoms with Crippen LogP contribution in [0, 0.1) is 10.8 Å². The Morgan fingerprint density at radius 3 is 2.45 bits per heavy atom. The minimum absolute atomic E-state index is 0.0281. The van der Waals surface area contributed by atoms with Crippen LogP contribution >= 0.6 is 0 Å². The summed E-state index contributed by atoms with van der Waals surface area (Å²) in [5.41, 5.74) is 5.97. The minimum Gasteiger partial charge on any atom is -0.345 e. The number of carbonyl (C=O) groups is 1. The predicted octanol–water partition coefficient (Wildman–Crippen LogP) is 1.17. The monoisotopic (exact) mass is 277 g/mol. The minimum atomic E-state index is -0.216. The van der Waals surface area contributed by atoms with Gasteiger partial charge in [0.25, 0.3) is 5.91 Å². The average Bonchev–Trinajstić information content (AvgIpc) is 3.12. The van der Waals surface area contributed by atoms with Gasteiger partial charge in [0.1, 0.15) is 5.82 Å². The fourth-order valence-electron chi connectivity index (χ4n) is 3.66. The molecular formula is C14H23N5O. The first-order valence-electron chi connectivity index (χ1n) is 7.23. The molecule has 0 unspecified atom stereocenters.